The second-order valence-corrected chi connectivity index (χ2v) is 12.5. The van der Waals surface area contributed by atoms with E-state index in [2.05, 4.69) is 33.1 Å². The minimum atomic E-state index is -1.73. The summed E-state index contributed by atoms with van der Waals surface area (Å²) < 4.78 is 1.89. The second-order valence-electron chi connectivity index (χ2n) is 12.5. The standard InChI is InChI=1S/C31H45N7O3/c1-2-38-28-25(20-33-38)27(34-21-12-6-3-7-13-21)24(19-32-28)26-18-31(41-37-26,29(39)35-22-14-8-4-9-15-22)30(40)36-23-16-10-5-11-17-23/h19-23H,2-18H2,1H3,(H,32,34)(H,35,39)(H,36,40). The molecule has 0 atom stereocenters. The van der Waals surface area contributed by atoms with Crippen LogP contribution in [-0.4, -0.2) is 56.0 Å². The van der Waals surface area contributed by atoms with Crippen molar-refractivity contribution in [3.05, 3.63) is 18.0 Å². The van der Waals surface area contributed by atoms with E-state index in [-0.39, 0.29) is 30.3 Å². The SMILES string of the molecule is CCn1ncc2c(NC3CCCCC3)c(C3=NOC(C(=O)NC4CCCCC4)(C(=O)NC4CCCCC4)C3)cnc21. The van der Waals surface area contributed by atoms with Crippen LogP contribution in [0, 0.1) is 0 Å². The number of rotatable bonds is 8. The summed E-state index contributed by atoms with van der Waals surface area (Å²) in [5, 5.41) is 20.1. The van der Waals surface area contributed by atoms with Gasteiger partial charge in [0.2, 0.25) is 0 Å². The van der Waals surface area contributed by atoms with Crippen LogP contribution in [0.4, 0.5) is 5.69 Å². The minimum absolute atomic E-state index is 0.0599. The lowest BCUT2D eigenvalue weighted by molar-refractivity contribution is -0.159. The first-order valence-corrected chi connectivity index (χ1v) is 16.1. The van der Waals surface area contributed by atoms with Crippen LogP contribution in [0.2, 0.25) is 0 Å². The van der Waals surface area contributed by atoms with Crippen molar-refractivity contribution < 1.29 is 14.4 Å². The average molecular weight is 564 g/mol. The number of oxime groups is 1. The van der Waals surface area contributed by atoms with Crippen LogP contribution in [0.25, 0.3) is 11.0 Å². The van der Waals surface area contributed by atoms with Crippen molar-refractivity contribution in [2.24, 2.45) is 5.16 Å². The average Bonchev–Trinajstić information content (AvgIpc) is 3.65. The van der Waals surface area contributed by atoms with Crippen LogP contribution in [0.3, 0.4) is 0 Å². The largest absolute Gasteiger partial charge is 0.381 e. The molecule has 3 aliphatic carbocycles. The molecule has 10 nitrogen and oxygen atoms in total. The monoisotopic (exact) mass is 563 g/mol. The van der Waals surface area contributed by atoms with Gasteiger partial charge in [-0.05, 0) is 45.4 Å². The molecule has 3 heterocycles. The third kappa shape index (κ3) is 5.79. The summed E-state index contributed by atoms with van der Waals surface area (Å²) in [4.78, 5) is 38.6. The lowest BCUT2D eigenvalue weighted by Crippen LogP contribution is -2.60. The van der Waals surface area contributed by atoms with Gasteiger partial charge in [0.05, 0.1) is 29.4 Å². The van der Waals surface area contributed by atoms with Crippen molar-refractivity contribution in [1.82, 2.24) is 25.4 Å². The maximum absolute atomic E-state index is 13.9. The molecule has 3 saturated carbocycles. The molecule has 2 amide bonds. The Bertz CT molecular complexity index is 1240. The second kappa shape index (κ2) is 12.4. The first kappa shape index (κ1) is 28.0. The van der Waals surface area contributed by atoms with Gasteiger partial charge in [0, 0.05) is 36.4 Å². The number of hydrogen-bond acceptors (Lipinski definition) is 7. The number of nitrogens with zero attached hydrogens (tertiary/aromatic N) is 4. The van der Waals surface area contributed by atoms with E-state index in [1.165, 1.54) is 32.1 Å². The molecule has 0 radical (unpaired) electrons. The van der Waals surface area contributed by atoms with E-state index >= 15 is 0 Å². The summed E-state index contributed by atoms with van der Waals surface area (Å²) in [5.41, 5.74) is 1.34. The van der Waals surface area contributed by atoms with Crippen molar-refractivity contribution >= 4 is 34.2 Å². The number of carbonyl (C=O) groups excluding carboxylic acids is 2. The first-order chi connectivity index (χ1) is 20.1. The number of aromatic nitrogens is 3. The zero-order valence-electron chi connectivity index (χ0n) is 24.4. The molecule has 2 aromatic heterocycles. The van der Waals surface area contributed by atoms with Gasteiger partial charge in [-0.1, -0.05) is 62.9 Å². The maximum atomic E-state index is 13.9. The highest BCUT2D eigenvalue weighted by molar-refractivity contribution is 6.18. The highest BCUT2D eigenvalue weighted by Gasteiger charge is 2.55. The number of carbonyl (C=O) groups is 2. The molecule has 41 heavy (non-hydrogen) atoms. The normalized spacial score (nSPS) is 22.2. The van der Waals surface area contributed by atoms with Gasteiger partial charge in [-0.2, -0.15) is 5.10 Å². The number of amides is 2. The Morgan fingerprint density at radius 1 is 0.854 bits per heavy atom. The molecule has 1 aliphatic heterocycles. The molecule has 6 rings (SSSR count). The molecule has 0 spiro atoms. The predicted molar refractivity (Wildman–Crippen MR) is 159 cm³/mol. The minimum Gasteiger partial charge on any atom is -0.381 e. The third-order valence-corrected chi connectivity index (χ3v) is 9.57. The topological polar surface area (TPSA) is 123 Å². The number of anilines is 1. The lowest BCUT2D eigenvalue weighted by atomic mass is 9.88. The van der Waals surface area contributed by atoms with Crippen LogP contribution < -0.4 is 16.0 Å². The molecule has 2 aromatic rings. The fourth-order valence-corrected chi connectivity index (χ4v) is 7.11. The smallest absolute Gasteiger partial charge is 0.297 e. The Labute approximate surface area is 242 Å². The number of aryl methyl sites for hydroxylation is 1. The Hall–Kier alpha value is -3.17. The predicted octanol–water partition coefficient (Wildman–Crippen LogP) is 4.96. The quantitative estimate of drug-likeness (QED) is 0.391. The van der Waals surface area contributed by atoms with E-state index in [0.717, 1.165) is 86.5 Å². The molecule has 0 bridgehead atoms. The highest BCUT2D eigenvalue weighted by Crippen LogP contribution is 2.36. The summed E-state index contributed by atoms with van der Waals surface area (Å²) >= 11 is 0. The van der Waals surface area contributed by atoms with Gasteiger partial charge >= 0.3 is 0 Å². The fraction of sp³-hybridized carbons (Fsp3) is 0.710. The van der Waals surface area contributed by atoms with Gasteiger partial charge in [-0.3, -0.25) is 9.59 Å². The number of pyridine rings is 1. The first-order valence-electron chi connectivity index (χ1n) is 16.1. The molecular formula is C31H45N7O3. The van der Waals surface area contributed by atoms with E-state index in [0.29, 0.717) is 18.3 Å². The maximum Gasteiger partial charge on any atom is 0.297 e. The Morgan fingerprint density at radius 3 is 1.98 bits per heavy atom. The van der Waals surface area contributed by atoms with Crippen molar-refractivity contribution in [3.8, 4) is 0 Å². The van der Waals surface area contributed by atoms with Gasteiger partial charge in [-0.15, -0.1) is 0 Å². The van der Waals surface area contributed by atoms with E-state index in [1.807, 2.05) is 10.9 Å². The van der Waals surface area contributed by atoms with Crippen LogP contribution in [-0.2, 0) is 21.0 Å². The molecule has 0 unspecified atom stereocenters. The van der Waals surface area contributed by atoms with Crippen molar-refractivity contribution in [2.45, 2.75) is 140 Å². The van der Waals surface area contributed by atoms with Gasteiger partial charge in [0.1, 0.15) is 0 Å². The molecule has 4 aliphatic rings. The van der Waals surface area contributed by atoms with Gasteiger partial charge in [-0.25, -0.2) is 9.67 Å². The molecule has 0 aromatic carbocycles. The van der Waals surface area contributed by atoms with E-state index in [4.69, 9.17) is 9.82 Å². The van der Waals surface area contributed by atoms with Gasteiger partial charge in [0.25, 0.3) is 17.4 Å². The highest BCUT2D eigenvalue weighted by atomic mass is 16.7. The lowest BCUT2D eigenvalue weighted by Gasteiger charge is -2.31. The fourth-order valence-electron chi connectivity index (χ4n) is 7.11. The van der Waals surface area contributed by atoms with Crippen molar-refractivity contribution in [2.75, 3.05) is 5.32 Å². The summed E-state index contributed by atoms with van der Waals surface area (Å²) in [6.45, 7) is 2.77. The number of nitrogens with one attached hydrogen (secondary N) is 3. The summed E-state index contributed by atoms with van der Waals surface area (Å²) in [6.07, 6.45) is 20.0. The Balaban J connectivity index is 1.31. The molecule has 10 heteroatoms. The number of hydrogen-bond donors (Lipinski definition) is 3. The van der Waals surface area contributed by atoms with Crippen LogP contribution in [0.5, 0.6) is 0 Å². The zero-order chi connectivity index (χ0) is 28.2. The van der Waals surface area contributed by atoms with Crippen LogP contribution in [0.1, 0.15) is 115 Å². The number of fused-ring (bicyclic) bond motifs is 1. The van der Waals surface area contributed by atoms with E-state index in [1.54, 1.807) is 6.20 Å². The Morgan fingerprint density at radius 2 is 1.41 bits per heavy atom. The van der Waals surface area contributed by atoms with E-state index in [9.17, 15) is 9.59 Å². The molecule has 0 saturated heterocycles. The van der Waals surface area contributed by atoms with Crippen molar-refractivity contribution in [3.63, 3.8) is 0 Å². The molecule has 3 N–H and O–H groups in total. The summed E-state index contributed by atoms with van der Waals surface area (Å²) in [6, 6.07) is 0.462. The third-order valence-electron chi connectivity index (χ3n) is 9.57. The summed E-state index contributed by atoms with van der Waals surface area (Å²) in [7, 11) is 0. The van der Waals surface area contributed by atoms with Gasteiger partial charge < -0.3 is 20.8 Å². The van der Waals surface area contributed by atoms with Crippen LogP contribution in [0.15, 0.2) is 17.5 Å². The van der Waals surface area contributed by atoms with Gasteiger partial charge in [0.15, 0.2) is 5.65 Å². The van der Waals surface area contributed by atoms with E-state index < -0.39 is 5.60 Å². The summed E-state index contributed by atoms with van der Waals surface area (Å²) in [5.74, 6) is -0.767. The molecule has 3 fully saturated rings. The zero-order valence-corrected chi connectivity index (χ0v) is 24.4. The Kier molecular flexibility index (Phi) is 8.44. The van der Waals surface area contributed by atoms with Crippen molar-refractivity contribution in [1.29, 1.82) is 0 Å². The molecular weight excluding hydrogens is 518 g/mol. The van der Waals surface area contributed by atoms with Crippen LogP contribution >= 0.6 is 0 Å². The molecule has 222 valence electrons.